The van der Waals surface area contributed by atoms with Crippen molar-refractivity contribution in [1.82, 2.24) is 9.80 Å². The smallest absolute Gasteiger partial charge is 0.191 e. The van der Waals surface area contributed by atoms with Crippen LogP contribution in [0, 0.1) is 5.82 Å². The van der Waals surface area contributed by atoms with Gasteiger partial charge in [-0.15, -0.1) is 0 Å². The zero-order chi connectivity index (χ0) is 16.7. The van der Waals surface area contributed by atoms with E-state index in [2.05, 4.69) is 23.7 Å². The van der Waals surface area contributed by atoms with Crippen molar-refractivity contribution in [3.8, 4) is 0 Å². The number of aliphatic imine (C=N–C) groups is 1. The van der Waals surface area contributed by atoms with Gasteiger partial charge in [0.1, 0.15) is 5.82 Å². The summed E-state index contributed by atoms with van der Waals surface area (Å²) in [5, 5.41) is 0. The first-order valence-electron chi connectivity index (χ1n) is 8.27. The first-order valence-corrected chi connectivity index (χ1v) is 8.27. The number of halogens is 1. The lowest BCUT2D eigenvalue weighted by Gasteiger charge is -2.34. The summed E-state index contributed by atoms with van der Waals surface area (Å²) in [6.45, 7) is 9.31. The second-order valence-corrected chi connectivity index (χ2v) is 5.59. The van der Waals surface area contributed by atoms with Crippen molar-refractivity contribution >= 4 is 5.96 Å². The third-order valence-corrected chi connectivity index (χ3v) is 4.23. The van der Waals surface area contributed by atoms with Gasteiger partial charge in [-0.05, 0) is 31.5 Å². The number of nitrogens with zero attached hydrogens (tertiary/aromatic N) is 3. The van der Waals surface area contributed by atoms with Crippen LogP contribution >= 0.6 is 0 Å². The molecule has 2 N–H and O–H groups in total. The van der Waals surface area contributed by atoms with Gasteiger partial charge in [0.2, 0.25) is 0 Å². The monoisotopic (exact) mass is 322 g/mol. The lowest BCUT2D eigenvalue weighted by Crippen LogP contribution is -2.41. The van der Waals surface area contributed by atoms with Gasteiger partial charge in [-0.3, -0.25) is 9.89 Å². The van der Waals surface area contributed by atoms with Crippen LogP contribution in [0.4, 0.5) is 4.39 Å². The number of hydrogen-bond donors (Lipinski definition) is 1. The van der Waals surface area contributed by atoms with Crippen molar-refractivity contribution in [1.29, 1.82) is 0 Å². The highest BCUT2D eigenvalue weighted by molar-refractivity contribution is 5.78. The normalized spacial score (nSPS) is 18.0. The summed E-state index contributed by atoms with van der Waals surface area (Å²) in [6.07, 6.45) is 0. The molecule has 1 heterocycles. The molecule has 6 heteroatoms. The standard InChI is InChI=1S/C17H27FN4O/c1-3-21(4-2)17(19)20-13-16(22-8-10-23-11-9-22)14-6-5-7-15(18)12-14/h5-7,12,16H,3-4,8-11,13H2,1-2H3,(H2,19,20). The zero-order valence-corrected chi connectivity index (χ0v) is 14.0. The van der Waals surface area contributed by atoms with Crippen molar-refractivity contribution in [2.75, 3.05) is 45.9 Å². The molecule has 0 spiro atoms. The molecule has 0 saturated carbocycles. The number of guanidine groups is 1. The van der Waals surface area contributed by atoms with Crippen LogP contribution in [0.1, 0.15) is 25.5 Å². The summed E-state index contributed by atoms with van der Waals surface area (Å²) in [6, 6.07) is 6.77. The van der Waals surface area contributed by atoms with Crippen molar-refractivity contribution in [3.63, 3.8) is 0 Å². The highest BCUT2D eigenvalue weighted by Crippen LogP contribution is 2.23. The summed E-state index contributed by atoms with van der Waals surface area (Å²) < 4.78 is 19.0. The number of hydrogen-bond acceptors (Lipinski definition) is 3. The van der Waals surface area contributed by atoms with E-state index in [1.807, 2.05) is 11.0 Å². The van der Waals surface area contributed by atoms with Crippen LogP contribution in [-0.2, 0) is 4.74 Å². The molecule has 128 valence electrons. The molecule has 0 radical (unpaired) electrons. The highest BCUT2D eigenvalue weighted by atomic mass is 19.1. The molecule has 2 rings (SSSR count). The molecule has 0 amide bonds. The van der Waals surface area contributed by atoms with Crippen LogP contribution in [0.25, 0.3) is 0 Å². The molecule has 0 aliphatic carbocycles. The Kier molecular flexibility index (Phi) is 6.80. The fourth-order valence-electron chi connectivity index (χ4n) is 2.86. The van der Waals surface area contributed by atoms with Gasteiger partial charge in [0.05, 0.1) is 25.8 Å². The third-order valence-electron chi connectivity index (χ3n) is 4.23. The minimum atomic E-state index is -0.221. The van der Waals surface area contributed by atoms with Crippen LogP contribution in [-0.4, -0.2) is 61.7 Å². The fraction of sp³-hybridized carbons (Fsp3) is 0.588. The molecule has 5 nitrogen and oxygen atoms in total. The van der Waals surface area contributed by atoms with Gasteiger partial charge in [-0.25, -0.2) is 4.39 Å². The maximum absolute atomic E-state index is 13.6. The van der Waals surface area contributed by atoms with Gasteiger partial charge in [-0.2, -0.15) is 0 Å². The molecule has 1 aliphatic heterocycles. The molecule has 0 aromatic heterocycles. The molecular formula is C17H27FN4O. The van der Waals surface area contributed by atoms with Crippen LogP contribution in [0.2, 0.25) is 0 Å². The van der Waals surface area contributed by atoms with Gasteiger partial charge in [0.25, 0.3) is 0 Å². The van der Waals surface area contributed by atoms with Gasteiger partial charge < -0.3 is 15.4 Å². The molecule has 1 saturated heterocycles. The van der Waals surface area contributed by atoms with E-state index in [4.69, 9.17) is 10.5 Å². The minimum absolute atomic E-state index is 0.0173. The van der Waals surface area contributed by atoms with E-state index < -0.39 is 0 Å². The van der Waals surface area contributed by atoms with Crippen LogP contribution < -0.4 is 5.73 Å². The molecule has 1 aromatic carbocycles. The lowest BCUT2D eigenvalue weighted by molar-refractivity contribution is 0.0179. The largest absolute Gasteiger partial charge is 0.379 e. The van der Waals surface area contributed by atoms with E-state index in [0.717, 1.165) is 31.7 Å². The third kappa shape index (κ3) is 4.91. The fourth-order valence-corrected chi connectivity index (χ4v) is 2.86. The van der Waals surface area contributed by atoms with Gasteiger partial charge in [-0.1, -0.05) is 12.1 Å². The summed E-state index contributed by atoms with van der Waals surface area (Å²) in [5.74, 6) is 0.325. The zero-order valence-electron chi connectivity index (χ0n) is 14.0. The van der Waals surface area contributed by atoms with Crippen molar-refractivity contribution in [2.45, 2.75) is 19.9 Å². The SMILES string of the molecule is CCN(CC)C(N)=NCC(c1cccc(F)c1)N1CCOCC1. The predicted octanol–water partition coefficient (Wildman–Crippen LogP) is 1.86. The Hall–Kier alpha value is -1.66. The molecule has 0 bridgehead atoms. The average molecular weight is 322 g/mol. The lowest BCUT2D eigenvalue weighted by atomic mass is 10.0. The predicted molar refractivity (Wildman–Crippen MR) is 90.9 cm³/mol. The van der Waals surface area contributed by atoms with Crippen LogP contribution in [0.3, 0.4) is 0 Å². The Bertz CT molecular complexity index is 513. The van der Waals surface area contributed by atoms with E-state index in [1.165, 1.54) is 6.07 Å². The summed E-state index contributed by atoms with van der Waals surface area (Å²) in [7, 11) is 0. The maximum Gasteiger partial charge on any atom is 0.191 e. The first kappa shape index (κ1) is 17.7. The quantitative estimate of drug-likeness (QED) is 0.641. The van der Waals surface area contributed by atoms with Crippen molar-refractivity contribution in [2.24, 2.45) is 10.7 Å². The number of morpholine rings is 1. The van der Waals surface area contributed by atoms with Crippen molar-refractivity contribution < 1.29 is 9.13 Å². The Morgan fingerprint density at radius 3 is 2.65 bits per heavy atom. The second kappa shape index (κ2) is 8.84. The average Bonchev–Trinajstić information content (AvgIpc) is 2.57. The second-order valence-electron chi connectivity index (χ2n) is 5.59. The molecule has 1 unspecified atom stereocenters. The van der Waals surface area contributed by atoms with E-state index in [-0.39, 0.29) is 11.9 Å². The van der Waals surface area contributed by atoms with Crippen molar-refractivity contribution in [3.05, 3.63) is 35.6 Å². The number of rotatable bonds is 6. The highest BCUT2D eigenvalue weighted by Gasteiger charge is 2.23. The number of nitrogens with two attached hydrogens (primary N) is 1. The molecule has 1 aliphatic rings. The maximum atomic E-state index is 13.6. The Morgan fingerprint density at radius 1 is 1.35 bits per heavy atom. The Labute approximate surface area is 137 Å². The summed E-state index contributed by atoms with van der Waals surface area (Å²) in [4.78, 5) is 8.87. The Balaban J connectivity index is 2.18. The van der Waals surface area contributed by atoms with E-state index in [1.54, 1.807) is 12.1 Å². The van der Waals surface area contributed by atoms with Crippen LogP contribution in [0.5, 0.6) is 0 Å². The molecule has 1 fully saturated rings. The van der Waals surface area contributed by atoms with E-state index in [9.17, 15) is 4.39 Å². The molecule has 1 atom stereocenters. The first-order chi connectivity index (χ1) is 11.2. The molecule has 1 aromatic rings. The van der Waals surface area contributed by atoms with Crippen LogP contribution in [0.15, 0.2) is 29.3 Å². The van der Waals surface area contributed by atoms with E-state index >= 15 is 0 Å². The number of ether oxygens (including phenoxy) is 1. The summed E-state index contributed by atoms with van der Waals surface area (Å²) >= 11 is 0. The molecular weight excluding hydrogens is 295 g/mol. The number of benzene rings is 1. The summed E-state index contributed by atoms with van der Waals surface area (Å²) in [5.41, 5.74) is 7.02. The topological polar surface area (TPSA) is 54.1 Å². The van der Waals surface area contributed by atoms with Gasteiger partial charge in [0, 0.05) is 26.2 Å². The van der Waals surface area contributed by atoms with Gasteiger partial charge >= 0.3 is 0 Å². The van der Waals surface area contributed by atoms with E-state index in [0.29, 0.717) is 25.7 Å². The molecule has 23 heavy (non-hydrogen) atoms. The van der Waals surface area contributed by atoms with Gasteiger partial charge in [0.15, 0.2) is 5.96 Å². The Morgan fingerprint density at radius 2 is 2.04 bits per heavy atom. The minimum Gasteiger partial charge on any atom is -0.379 e.